The molecule has 0 amide bonds. The van der Waals surface area contributed by atoms with Gasteiger partial charge in [-0.3, -0.25) is 9.69 Å². The first-order valence-corrected chi connectivity index (χ1v) is 8.42. The number of rotatable bonds is 3. The quantitative estimate of drug-likeness (QED) is 0.939. The van der Waals surface area contributed by atoms with Crippen molar-refractivity contribution in [3.63, 3.8) is 0 Å². The van der Waals surface area contributed by atoms with Crippen LogP contribution in [0.25, 0.3) is 0 Å². The lowest BCUT2D eigenvalue weighted by atomic mass is 9.83. The van der Waals surface area contributed by atoms with Gasteiger partial charge in [0.05, 0.1) is 7.11 Å². The van der Waals surface area contributed by atoms with Gasteiger partial charge in [0.15, 0.2) is 11.5 Å². The maximum absolute atomic E-state index is 12.1. The van der Waals surface area contributed by atoms with E-state index in [-0.39, 0.29) is 11.3 Å². The van der Waals surface area contributed by atoms with Gasteiger partial charge < -0.3 is 14.4 Å². The van der Waals surface area contributed by atoms with Gasteiger partial charge in [-0.2, -0.15) is 0 Å². The monoisotopic (exact) mass is 326 g/mol. The minimum absolute atomic E-state index is 0.121. The zero-order valence-corrected chi connectivity index (χ0v) is 13.8. The van der Waals surface area contributed by atoms with E-state index in [1.165, 1.54) is 5.69 Å². The number of hydrogen-bond acceptors (Lipinski definition) is 4. The molecule has 1 N–H and O–H groups in total. The van der Waals surface area contributed by atoms with Crippen molar-refractivity contribution in [3.8, 4) is 11.5 Å². The highest BCUT2D eigenvalue weighted by molar-refractivity contribution is 5.41. The number of methoxy groups -OCH3 is 1. The van der Waals surface area contributed by atoms with E-state index in [1.54, 1.807) is 19.2 Å². The lowest BCUT2D eigenvalue weighted by Crippen LogP contribution is -2.46. The second-order valence-electron chi connectivity index (χ2n) is 6.90. The number of piperidine rings is 1. The van der Waals surface area contributed by atoms with Crippen LogP contribution in [0.5, 0.6) is 11.5 Å². The zero-order chi connectivity index (χ0) is 16.7. The van der Waals surface area contributed by atoms with Crippen molar-refractivity contribution >= 4 is 0 Å². The normalized spacial score (nSPS) is 22.9. The summed E-state index contributed by atoms with van der Waals surface area (Å²) >= 11 is 0. The van der Waals surface area contributed by atoms with Gasteiger partial charge in [-0.05, 0) is 36.1 Å². The Morgan fingerprint density at radius 3 is 2.88 bits per heavy atom. The van der Waals surface area contributed by atoms with Crippen LogP contribution >= 0.6 is 0 Å². The van der Waals surface area contributed by atoms with Crippen LogP contribution in [0.2, 0.25) is 0 Å². The van der Waals surface area contributed by atoms with Crippen molar-refractivity contribution in [2.24, 2.45) is 5.92 Å². The Morgan fingerprint density at radius 1 is 1.21 bits per heavy atom. The van der Waals surface area contributed by atoms with Crippen LogP contribution in [0.3, 0.4) is 0 Å². The SMILES string of the molecule is COc1ccc(CN2C[C@@H]3C[C@H](C2)c2cccc(=O)n2C3)cc1O. The van der Waals surface area contributed by atoms with Crippen LogP contribution in [0.15, 0.2) is 41.2 Å². The molecule has 2 aliphatic rings. The van der Waals surface area contributed by atoms with Crippen LogP contribution in [-0.4, -0.2) is 34.8 Å². The molecule has 1 saturated heterocycles. The van der Waals surface area contributed by atoms with Gasteiger partial charge >= 0.3 is 0 Å². The first kappa shape index (κ1) is 15.3. The molecule has 0 aliphatic carbocycles. The Labute approximate surface area is 141 Å². The molecule has 5 heteroatoms. The van der Waals surface area contributed by atoms with E-state index in [1.807, 2.05) is 22.8 Å². The van der Waals surface area contributed by atoms with Crippen molar-refractivity contribution in [3.05, 3.63) is 58.0 Å². The summed E-state index contributed by atoms with van der Waals surface area (Å²) in [7, 11) is 1.56. The van der Waals surface area contributed by atoms with E-state index in [9.17, 15) is 9.90 Å². The number of likely N-dealkylation sites (tertiary alicyclic amines) is 1. The number of phenols is 1. The van der Waals surface area contributed by atoms with Gasteiger partial charge in [-0.25, -0.2) is 0 Å². The summed E-state index contributed by atoms with van der Waals surface area (Å²) in [6.07, 6.45) is 1.16. The average Bonchev–Trinajstić information content (AvgIpc) is 2.56. The summed E-state index contributed by atoms with van der Waals surface area (Å²) in [6.45, 7) is 3.56. The first-order valence-electron chi connectivity index (χ1n) is 8.42. The molecule has 1 fully saturated rings. The Morgan fingerprint density at radius 2 is 2.08 bits per heavy atom. The maximum Gasteiger partial charge on any atom is 0.250 e. The molecule has 2 atom stereocenters. The third-order valence-electron chi connectivity index (χ3n) is 5.20. The molecule has 2 bridgehead atoms. The second-order valence-corrected chi connectivity index (χ2v) is 6.90. The fraction of sp³-hybridized carbons (Fsp3) is 0.421. The number of fused-ring (bicyclic) bond motifs is 4. The van der Waals surface area contributed by atoms with E-state index in [4.69, 9.17) is 4.74 Å². The van der Waals surface area contributed by atoms with Gasteiger partial charge in [0.1, 0.15) is 0 Å². The topological polar surface area (TPSA) is 54.7 Å². The number of benzene rings is 1. The van der Waals surface area contributed by atoms with Crippen LogP contribution in [-0.2, 0) is 13.1 Å². The first-order chi connectivity index (χ1) is 11.6. The summed E-state index contributed by atoms with van der Waals surface area (Å²) in [5, 5.41) is 9.96. The van der Waals surface area contributed by atoms with Gasteiger partial charge in [0.2, 0.25) is 0 Å². The third kappa shape index (κ3) is 2.69. The van der Waals surface area contributed by atoms with Crippen molar-refractivity contribution in [1.29, 1.82) is 0 Å². The number of ether oxygens (including phenoxy) is 1. The molecule has 5 nitrogen and oxygen atoms in total. The average molecular weight is 326 g/mol. The molecular formula is C19H22N2O3. The summed E-state index contributed by atoms with van der Waals surface area (Å²) < 4.78 is 7.06. The fourth-order valence-corrected chi connectivity index (χ4v) is 4.22. The number of phenolic OH excluding ortho intramolecular Hbond substituents is 1. The number of nitrogens with zero attached hydrogens (tertiary/aromatic N) is 2. The van der Waals surface area contributed by atoms with E-state index >= 15 is 0 Å². The number of aromatic hydroxyl groups is 1. The Hall–Kier alpha value is -2.27. The van der Waals surface area contributed by atoms with E-state index in [2.05, 4.69) is 11.0 Å². The molecule has 2 aromatic rings. The minimum Gasteiger partial charge on any atom is -0.504 e. The van der Waals surface area contributed by atoms with Crippen molar-refractivity contribution in [2.75, 3.05) is 20.2 Å². The van der Waals surface area contributed by atoms with Crippen LogP contribution < -0.4 is 10.3 Å². The summed E-state index contributed by atoms with van der Waals surface area (Å²) in [4.78, 5) is 14.5. The molecule has 0 radical (unpaired) electrons. The maximum atomic E-state index is 12.1. The predicted molar refractivity (Wildman–Crippen MR) is 91.5 cm³/mol. The molecule has 0 saturated carbocycles. The molecule has 3 heterocycles. The van der Waals surface area contributed by atoms with Gasteiger partial charge in [-0.15, -0.1) is 0 Å². The standard InChI is InChI=1S/C19H22N2O3/c1-24-18-6-5-13(8-17(18)22)9-20-10-14-7-15(12-20)16-3-2-4-19(23)21(16)11-14/h2-6,8,14-15,22H,7,9-12H2,1H3/t14-,15+/m0/s1. The molecular weight excluding hydrogens is 304 g/mol. The molecule has 0 unspecified atom stereocenters. The molecule has 1 aromatic carbocycles. The highest BCUT2D eigenvalue weighted by Gasteiger charge is 2.34. The van der Waals surface area contributed by atoms with Crippen molar-refractivity contribution in [2.45, 2.75) is 25.4 Å². The highest BCUT2D eigenvalue weighted by atomic mass is 16.5. The van der Waals surface area contributed by atoms with Crippen LogP contribution in [0.4, 0.5) is 0 Å². The lowest BCUT2D eigenvalue weighted by molar-refractivity contribution is 0.114. The van der Waals surface area contributed by atoms with Crippen molar-refractivity contribution < 1.29 is 9.84 Å². The third-order valence-corrected chi connectivity index (χ3v) is 5.20. The minimum atomic E-state index is 0.121. The summed E-state index contributed by atoms with van der Waals surface area (Å²) in [6, 6.07) is 11.2. The largest absolute Gasteiger partial charge is 0.504 e. The van der Waals surface area contributed by atoms with E-state index < -0.39 is 0 Å². The number of aromatic nitrogens is 1. The Kier molecular flexibility index (Phi) is 3.81. The van der Waals surface area contributed by atoms with Crippen LogP contribution in [0, 0.1) is 5.92 Å². The van der Waals surface area contributed by atoms with Gasteiger partial charge in [0, 0.05) is 43.9 Å². The summed E-state index contributed by atoms with van der Waals surface area (Å²) in [5.74, 6) is 1.62. The summed E-state index contributed by atoms with van der Waals surface area (Å²) in [5.41, 5.74) is 2.37. The molecule has 126 valence electrons. The van der Waals surface area contributed by atoms with Crippen LogP contribution in [0.1, 0.15) is 23.6 Å². The zero-order valence-electron chi connectivity index (χ0n) is 13.8. The van der Waals surface area contributed by atoms with Gasteiger partial charge in [-0.1, -0.05) is 12.1 Å². The molecule has 1 aromatic heterocycles. The smallest absolute Gasteiger partial charge is 0.250 e. The molecule has 2 aliphatic heterocycles. The fourth-order valence-electron chi connectivity index (χ4n) is 4.22. The molecule has 4 rings (SSSR count). The Balaban J connectivity index is 1.54. The number of hydrogen-bond donors (Lipinski definition) is 1. The lowest BCUT2D eigenvalue weighted by Gasteiger charge is -2.42. The second kappa shape index (κ2) is 5.98. The molecule has 0 spiro atoms. The predicted octanol–water partition coefficient (Wildman–Crippen LogP) is 2.18. The number of pyridine rings is 1. The molecule has 24 heavy (non-hydrogen) atoms. The Bertz CT molecular complexity index is 814. The van der Waals surface area contributed by atoms with Crippen molar-refractivity contribution in [1.82, 2.24) is 9.47 Å². The van der Waals surface area contributed by atoms with Gasteiger partial charge in [0.25, 0.3) is 5.56 Å². The van der Waals surface area contributed by atoms with E-state index in [0.29, 0.717) is 17.6 Å². The van der Waals surface area contributed by atoms with E-state index in [0.717, 1.165) is 38.2 Å². The highest BCUT2D eigenvalue weighted by Crippen LogP contribution is 2.36.